The van der Waals surface area contributed by atoms with Gasteiger partial charge in [0.15, 0.2) is 0 Å². The van der Waals surface area contributed by atoms with Crippen LogP contribution >= 0.6 is 22.7 Å². The lowest BCUT2D eigenvalue weighted by atomic mass is 10.1. The summed E-state index contributed by atoms with van der Waals surface area (Å²) in [6, 6.07) is 6.20. The molecule has 0 saturated carbocycles. The molecule has 118 valence electrons. The Hall–Kier alpha value is -1.37. The summed E-state index contributed by atoms with van der Waals surface area (Å²) in [5, 5.41) is 9.30. The number of ether oxygens (including phenoxy) is 1. The van der Waals surface area contributed by atoms with E-state index in [4.69, 9.17) is 4.74 Å². The molecule has 0 radical (unpaired) electrons. The fourth-order valence-corrected chi connectivity index (χ4v) is 4.05. The second-order valence-corrected chi connectivity index (χ2v) is 7.22. The molecule has 1 aliphatic rings. The Morgan fingerprint density at radius 2 is 2.41 bits per heavy atom. The molecule has 1 saturated heterocycles. The van der Waals surface area contributed by atoms with Gasteiger partial charge in [0.05, 0.1) is 13.2 Å². The summed E-state index contributed by atoms with van der Waals surface area (Å²) in [4.78, 5) is 15.4. The van der Waals surface area contributed by atoms with E-state index in [1.807, 2.05) is 16.3 Å². The van der Waals surface area contributed by atoms with Crippen molar-refractivity contribution in [2.75, 3.05) is 26.2 Å². The van der Waals surface area contributed by atoms with Crippen LogP contribution in [0.1, 0.15) is 29.4 Å². The van der Waals surface area contributed by atoms with Gasteiger partial charge >= 0.3 is 6.03 Å². The molecule has 2 aromatic rings. The Bertz CT molecular complexity index is 583. The van der Waals surface area contributed by atoms with E-state index < -0.39 is 0 Å². The summed E-state index contributed by atoms with van der Waals surface area (Å²) < 4.78 is 5.78. The fourth-order valence-electron chi connectivity index (χ4n) is 2.51. The monoisotopic (exact) mass is 336 g/mol. The molecule has 22 heavy (non-hydrogen) atoms. The van der Waals surface area contributed by atoms with Crippen molar-refractivity contribution < 1.29 is 9.53 Å². The zero-order valence-corrected chi connectivity index (χ0v) is 14.2. The van der Waals surface area contributed by atoms with Crippen LogP contribution in [0.25, 0.3) is 0 Å². The highest BCUT2D eigenvalue weighted by molar-refractivity contribution is 7.10. The number of morpholine rings is 1. The third kappa shape index (κ3) is 3.69. The predicted molar refractivity (Wildman–Crippen MR) is 90.7 cm³/mol. The first-order chi connectivity index (χ1) is 10.7. The van der Waals surface area contributed by atoms with Gasteiger partial charge in [-0.2, -0.15) is 11.3 Å². The maximum atomic E-state index is 12.4. The van der Waals surface area contributed by atoms with Crippen LogP contribution in [0.3, 0.4) is 0 Å². The molecule has 6 heteroatoms. The van der Waals surface area contributed by atoms with Crippen molar-refractivity contribution >= 4 is 28.7 Å². The summed E-state index contributed by atoms with van der Waals surface area (Å²) in [5.41, 5.74) is 1.28. The van der Waals surface area contributed by atoms with Gasteiger partial charge in [0.1, 0.15) is 6.10 Å². The number of hydrogen-bond donors (Lipinski definition) is 1. The molecule has 0 bridgehead atoms. The Morgan fingerprint density at radius 1 is 1.50 bits per heavy atom. The molecule has 1 fully saturated rings. The molecule has 0 aromatic carbocycles. The first-order valence-corrected chi connectivity index (χ1v) is 9.26. The molecule has 0 spiro atoms. The first kappa shape index (κ1) is 15.5. The standard InChI is InChI=1S/C16H20N2O2S2/c1-12(13-4-8-21-11-13)9-17-16(19)18-5-6-20-14(10-18)15-3-2-7-22-15/h2-4,7-8,11-12,14H,5-6,9-10H2,1H3,(H,17,19)/t12-,14+/m1/s1. The minimum atomic E-state index is 0.00642. The Morgan fingerprint density at radius 3 is 3.14 bits per heavy atom. The van der Waals surface area contributed by atoms with Gasteiger partial charge in [-0.15, -0.1) is 11.3 Å². The summed E-state index contributed by atoms with van der Waals surface area (Å²) >= 11 is 3.37. The van der Waals surface area contributed by atoms with E-state index in [0.717, 1.165) is 0 Å². The number of nitrogens with zero attached hydrogens (tertiary/aromatic N) is 1. The summed E-state index contributed by atoms with van der Waals surface area (Å²) in [6.07, 6.45) is 0.00815. The van der Waals surface area contributed by atoms with Crippen LogP contribution in [0.2, 0.25) is 0 Å². The molecule has 2 amide bonds. The highest BCUT2D eigenvalue weighted by atomic mass is 32.1. The molecule has 0 unspecified atom stereocenters. The van der Waals surface area contributed by atoms with Gasteiger partial charge in [-0.25, -0.2) is 4.79 Å². The van der Waals surface area contributed by atoms with Gasteiger partial charge in [0.2, 0.25) is 0 Å². The van der Waals surface area contributed by atoms with Gasteiger partial charge in [0, 0.05) is 18.0 Å². The van der Waals surface area contributed by atoms with E-state index in [0.29, 0.717) is 32.2 Å². The van der Waals surface area contributed by atoms with Crippen molar-refractivity contribution in [2.45, 2.75) is 18.9 Å². The SMILES string of the molecule is C[C@H](CNC(=O)N1CCO[C@H](c2cccs2)C1)c1ccsc1. The van der Waals surface area contributed by atoms with Gasteiger partial charge in [-0.3, -0.25) is 0 Å². The maximum Gasteiger partial charge on any atom is 0.317 e. The summed E-state index contributed by atoms with van der Waals surface area (Å²) in [5.74, 6) is 0.337. The van der Waals surface area contributed by atoms with E-state index in [9.17, 15) is 4.79 Å². The van der Waals surface area contributed by atoms with Crippen molar-refractivity contribution in [1.82, 2.24) is 10.2 Å². The third-order valence-corrected chi connectivity index (χ3v) is 5.55. The van der Waals surface area contributed by atoms with Crippen LogP contribution in [0.4, 0.5) is 4.79 Å². The highest BCUT2D eigenvalue weighted by Gasteiger charge is 2.26. The van der Waals surface area contributed by atoms with Crippen LogP contribution in [0.15, 0.2) is 34.3 Å². The number of carbonyl (C=O) groups is 1. The minimum Gasteiger partial charge on any atom is -0.369 e. The molecule has 3 heterocycles. The number of carbonyl (C=O) groups excluding carboxylic acids is 1. The molecule has 3 rings (SSSR count). The van der Waals surface area contributed by atoms with E-state index in [2.05, 4.69) is 35.1 Å². The van der Waals surface area contributed by atoms with Crippen LogP contribution in [-0.2, 0) is 4.74 Å². The van der Waals surface area contributed by atoms with Crippen molar-refractivity contribution in [3.63, 3.8) is 0 Å². The van der Waals surface area contributed by atoms with Gasteiger partial charge in [-0.1, -0.05) is 13.0 Å². The van der Waals surface area contributed by atoms with Crippen molar-refractivity contribution in [3.8, 4) is 0 Å². The largest absolute Gasteiger partial charge is 0.369 e. The number of thiophene rings is 2. The number of hydrogen-bond acceptors (Lipinski definition) is 4. The lowest BCUT2D eigenvalue weighted by Gasteiger charge is -2.32. The molecule has 2 atom stereocenters. The van der Waals surface area contributed by atoms with Crippen molar-refractivity contribution in [3.05, 3.63) is 44.8 Å². The zero-order chi connectivity index (χ0) is 15.4. The molecule has 4 nitrogen and oxygen atoms in total. The zero-order valence-electron chi connectivity index (χ0n) is 12.5. The van der Waals surface area contributed by atoms with Gasteiger partial charge < -0.3 is 15.0 Å². The van der Waals surface area contributed by atoms with Crippen LogP contribution in [-0.4, -0.2) is 37.2 Å². The molecule has 0 aliphatic carbocycles. The summed E-state index contributed by atoms with van der Waals surface area (Å²) in [7, 11) is 0. The molecular formula is C16H20N2O2S2. The smallest absolute Gasteiger partial charge is 0.317 e. The normalized spacial score (nSPS) is 19.9. The quantitative estimate of drug-likeness (QED) is 0.925. The average molecular weight is 336 g/mol. The number of rotatable bonds is 4. The summed E-state index contributed by atoms with van der Waals surface area (Å²) in [6.45, 7) is 4.67. The maximum absolute atomic E-state index is 12.4. The van der Waals surface area contributed by atoms with E-state index in [1.165, 1.54) is 10.4 Å². The molecule has 1 N–H and O–H groups in total. The Labute approximate surface area is 138 Å². The lowest BCUT2D eigenvalue weighted by Crippen LogP contribution is -2.47. The molecule has 2 aromatic heterocycles. The Balaban J connectivity index is 1.51. The third-order valence-electron chi connectivity index (χ3n) is 3.89. The molecular weight excluding hydrogens is 316 g/mol. The second-order valence-electron chi connectivity index (χ2n) is 5.46. The highest BCUT2D eigenvalue weighted by Crippen LogP contribution is 2.26. The first-order valence-electron chi connectivity index (χ1n) is 7.44. The van der Waals surface area contributed by atoms with E-state index in [1.54, 1.807) is 22.7 Å². The number of amides is 2. The fraction of sp³-hybridized carbons (Fsp3) is 0.438. The van der Waals surface area contributed by atoms with Crippen LogP contribution in [0.5, 0.6) is 0 Å². The number of urea groups is 1. The van der Waals surface area contributed by atoms with Gasteiger partial charge in [-0.05, 0) is 39.8 Å². The Kier molecular flexibility index (Phi) is 5.12. The predicted octanol–water partition coefficient (Wildman–Crippen LogP) is 3.70. The van der Waals surface area contributed by atoms with Crippen molar-refractivity contribution in [2.24, 2.45) is 0 Å². The lowest BCUT2D eigenvalue weighted by molar-refractivity contribution is -0.0135. The van der Waals surface area contributed by atoms with Gasteiger partial charge in [0.25, 0.3) is 0 Å². The number of nitrogens with one attached hydrogen (secondary N) is 1. The average Bonchev–Trinajstić information content (AvgIpc) is 3.25. The van der Waals surface area contributed by atoms with Crippen LogP contribution in [0, 0.1) is 0 Å². The van der Waals surface area contributed by atoms with Crippen molar-refractivity contribution in [1.29, 1.82) is 0 Å². The molecule has 1 aliphatic heterocycles. The second kappa shape index (κ2) is 7.26. The van der Waals surface area contributed by atoms with E-state index in [-0.39, 0.29) is 12.1 Å². The minimum absolute atomic E-state index is 0.00642. The van der Waals surface area contributed by atoms with Crippen LogP contribution < -0.4 is 5.32 Å². The van der Waals surface area contributed by atoms with E-state index >= 15 is 0 Å². The topological polar surface area (TPSA) is 41.6 Å².